The van der Waals surface area contributed by atoms with Crippen molar-refractivity contribution in [3.63, 3.8) is 0 Å². The van der Waals surface area contributed by atoms with Crippen LogP contribution in [0.5, 0.6) is 0 Å². The number of anilines is 1. The fourth-order valence-corrected chi connectivity index (χ4v) is 3.85. The largest absolute Gasteiger partial charge is 0.413 e. The molecule has 0 aromatic carbocycles. The van der Waals surface area contributed by atoms with Crippen LogP contribution in [0.2, 0.25) is 0 Å². The average molecular weight is 339 g/mol. The number of alkyl halides is 3. The molecule has 3 rings (SSSR count). The Morgan fingerprint density at radius 2 is 1.83 bits per heavy atom. The number of nitrogens with one attached hydrogen (secondary N) is 1. The van der Waals surface area contributed by atoms with Crippen LogP contribution >= 0.6 is 0 Å². The summed E-state index contributed by atoms with van der Waals surface area (Å²) in [5.74, 6) is 1.62. The molecule has 0 saturated heterocycles. The summed E-state index contributed by atoms with van der Waals surface area (Å²) in [5.41, 5.74) is 0.346. The molecular formula is C18H24F3N3. The van der Waals surface area contributed by atoms with Gasteiger partial charge in [0.05, 0.1) is 18.1 Å². The van der Waals surface area contributed by atoms with Crippen LogP contribution in [0.25, 0.3) is 5.57 Å². The Morgan fingerprint density at radius 1 is 1.12 bits per heavy atom. The molecule has 6 heteroatoms. The first kappa shape index (κ1) is 17.2. The second-order valence-electron chi connectivity index (χ2n) is 7.38. The molecule has 0 spiro atoms. The van der Waals surface area contributed by atoms with Crippen molar-refractivity contribution in [1.82, 2.24) is 9.97 Å². The maximum absolute atomic E-state index is 13.5. The second kappa shape index (κ2) is 6.73. The Bertz CT molecular complexity index is 605. The van der Waals surface area contributed by atoms with E-state index in [1.807, 2.05) is 0 Å². The van der Waals surface area contributed by atoms with Gasteiger partial charge in [0.25, 0.3) is 0 Å². The Labute approximate surface area is 140 Å². The molecule has 0 radical (unpaired) electrons. The minimum atomic E-state index is -4.28. The minimum Gasteiger partial charge on any atom is -0.369 e. The molecule has 24 heavy (non-hydrogen) atoms. The van der Waals surface area contributed by atoms with Crippen molar-refractivity contribution < 1.29 is 13.2 Å². The van der Waals surface area contributed by atoms with Crippen molar-refractivity contribution in [2.45, 2.75) is 52.1 Å². The van der Waals surface area contributed by atoms with E-state index in [0.29, 0.717) is 35.3 Å². The number of fused-ring (bicyclic) bond motifs is 1. The summed E-state index contributed by atoms with van der Waals surface area (Å²) in [6.07, 6.45) is 2.35. The van der Waals surface area contributed by atoms with Crippen molar-refractivity contribution in [2.24, 2.45) is 17.8 Å². The molecule has 2 aliphatic carbocycles. The first-order valence-electron chi connectivity index (χ1n) is 8.70. The van der Waals surface area contributed by atoms with Gasteiger partial charge in [-0.2, -0.15) is 13.2 Å². The maximum Gasteiger partial charge on any atom is 0.413 e. The summed E-state index contributed by atoms with van der Waals surface area (Å²) in [4.78, 5) is 8.53. The second-order valence-corrected chi connectivity index (χ2v) is 7.38. The SMILES string of the molecule is CC(C)CNc1cnc(C2=C(C(F)(F)F)CC3CCCC3C2)cn1. The molecule has 1 saturated carbocycles. The predicted octanol–water partition coefficient (Wildman–Crippen LogP) is 5.07. The average Bonchev–Trinajstić information content (AvgIpc) is 2.99. The molecule has 3 nitrogen and oxygen atoms in total. The number of hydrogen-bond acceptors (Lipinski definition) is 3. The third kappa shape index (κ3) is 3.73. The number of nitrogens with zero attached hydrogens (tertiary/aromatic N) is 2. The number of halogens is 3. The molecule has 1 fully saturated rings. The molecule has 2 aliphatic rings. The monoisotopic (exact) mass is 339 g/mol. The minimum absolute atomic E-state index is 0.137. The van der Waals surface area contributed by atoms with Crippen molar-refractivity contribution in [1.29, 1.82) is 0 Å². The standard InChI is InChI=1S/C18H24F3N3/c1-11(2)8-23-17-10-22-16(9-24-17)14-6-12-4-3-5-13(12)7-15(14)18(19,20)21/h9-13H,3-8H2,1-2H3,(H,23,24). The van der Waals surface area contributed by atoms with Gasteiger partial charge in [-0.25, -0.2) is 4.98 Å². The molecule has 2 atom stereocenters. The molecule has 132 valence electrons. The summed E-state index contributed by atoms with van der Waals surface area (Å²) in [6, 6.07) is 0. The van der Waals surface area contributed by atoms with Crippen molar-refractivity contribution in [2.75, 3.05) is 11.9 Å². The van der Waals surface area contributed by atoms with E-state index in [4.69, 9.17) is 0 Å². The molecule has 0 amide bonds. The first-order chi connectivity index (χ1) is 11.3. The quantitative estimate of drug-likeness (QED) is 0.832. The highest BCUT2D eigenvalue weighted by atomic mass is 19.4. The maximum atomic E-state index is 13.5. The number of rotatable bonds is 4. The summed E-state index contributed by atoms with van der Waals surface area (Å²) in [7, 11) is 0. The first-order valence-corrected chi connectivity index (χ1v) is 8.70. The third-order valence-electron chi connectivity index (χ3n) is 5.11. The number of hydrogen-bond donors (Lipinski definition) is 1. The van der Waals surface area contributed by atoms with Gasteiger partial charge in [0.15, 0.2) is 0 Å². The lowest BCUT2D eigenvalue weighted by Gasteiger charge is -2.31. The van der Waals surface area contributed by atoms with E-state index >= 15 is 0 Å². The van der Waals surface area contributed by atoms with E-state index in [0.717, 1.165) is 25.8 Å². The smallest absolute Gasteiger partial charge is 0.369 e. The highest BCUT2D eigenvalue weighted by molar-refractivity contribution is 5.68. The van der Waals surface area contributed by atoms with Crippen LogP contribution in [0.3, 0.4) is 0 Å². The highest BCUT2D eigenvalue weighted by Crippen LogP contribution is 2.50. The molecular weight excluding hydrogens is 315 g/mol. The van der Waals surface area contributed by atoms with Gasteiger partial charge in [-0.1, -0.05) is 20.3 Å². The van der Waals surface area contributed by atoms with Gasteiger partial charge >= 0.3 is 6.18 Å². The van der Waals surface area contributed by atoms with Crippen molar-refractivity contribution >= 4 is 11.4 Å². The summed E-state index contributed by atoms with van der Waals surface area (Å²) in [6.45, 7) is 4.92. The van der Waals surface area contributed by atoms with Crippen LogP contribution in [0.1, 0.15) is 51.6 Å². The van der Waals surface area contributed by atoms with Gasteiger partial charge in [-0.3, -0.25) is 4.98 Å². The fourth-order valence-electron chi connectivity index (χ4n) is 3.85. The summed E-state index contributed by atoms with van der Waals surface area (Å²) in [5, 5.41) is 3.14. The lowest BCUT2D eigenvalue weighted by Crippen LogP contribution is -2.25. The molecule has 2 unspecified atom stereocenters. The number of allylic oxidation sites excluding steroid dienone is 2. The Kier molecular flexibility index (Phi) is 4.83. The van der Waals surface area contributed by atoms with Gasteiger partial charge in [0.2, 0.25) is 0 Å². The zero-order chi connectivity index (χ0) is 17.3. The van der Waals surface area contributed by atoms with Crippen LogP contribution in [0.15, 0.2) is 18.0 Å². The molecule has 0 aliphatic heterocycles. The van der Waals surface area contributed by atoms with Crippen LogP contribution in [-0.4, -0.2) is 22.7 Å². The van der Waals surface area contributed by atoms with E-state index in [2.05, 4.69) is 29.1 Å². The molecule has 1 aromatic heterocycles. The molecule has 1 N–H and O–H groups in total. The van der Waals surface area contributed by atoms with Crippen LogP contribution in [-0.2, 0) is 0 Å². The van der Waals surface area contributed by atoms with Gasteiger partial charge in [0, 0.05) is 12.1 Å². The molecule has 1 aromatic rings. The van der Waals surface area contributed by atoms with E-state index < -0.39 is 6.18 Å². The topological polar surface area (TPSA) is 37.8 Å². The van der Waals surface area contributed by atoms with E-state index in [-0.39, 0.29) is 17.9 Å². The van der Waals surface area contributed by atoms with E-state index in [9.17, 15) is 13.2 Å². The van der Waals surface area contributed by atoms with Crippen molar-refractivity contribution in [3.05, 3.63) is 23.7 Å². The lowest BCUT2D eigenvalue weighted by atomic mass is 9.76. The van der Waals surface area contributed by atoms with Crippen molar-refractivity contribution in [3.8, 4) is 0 Å². The van der Waals surface area contributed by atoms with Crippen LogP contribution < -0.4 is 5.32 Å². The predicted molar refractivity (Wildman–Crippen MR) is 88.4 cm³/mol. The fraction of sp³-hybridized carbons (Fsp3) is 0.667. The highest BCUT2D eigenvalue weighted by Gasteiger charge is 2.44. The number of aromatic nitrogens is 2. The van der Waals surface area contributed by atoms with Gasteiger partial charge in [0.1, 0.15) is 5.82 Å². The van der Waals surface area contributed by atoms with Gasteiger partial charge < -0.3 is 5.32 Å². The lowest BCUT2D eigenvalue weighted by molar-refractivity contribution is -0.0962. The van der Waals surface area contributed by atoms with Crippen LogP contribution in [0.4, 0.5) is 19.0 Å². The normalized spacial score (nSPS) is 24.4. The van der Waals surface area contributed by atoms with Gasteiger partial charge in [-0.15, -0.1) is 0 Å². The van der Waals surface area contributed by atoms with E-state index in [1.54, 1.807) is 6.20 Å². The third-order valence-corrected chi connectivity index (χ3v) is 5.11. The Hall–Kier alpha value is -1.59. The van der Waals surface area contributed by atoms with Gasteiger partial charge in [-0.05, 0) is 49.0 Å². The molecule has 0 bridgehead atoms. The molecule has 1 heterocycles. The summed E-state index contributed by atoms with van der Waals surface area (Å²) >= 11 is 0. The zero-order valence-electron chi connectivity index (χ0n) is 14.2. The van der Waals surface area contributed by atoms with Crippen LogP contribution in [0, 0.1) is 17.8 Å². The summed E-state index contributed by atoms with van der Waals surface area (Å²) < 4.78 is 40.5. The zero-order valence-corrected chi connectivity index (χ0v) is 14.2. The van der Waals surface area contributed by atoms with E-state index in [1.165, 1.54) is 6.20 Å². The Morgan fingerprint density at radius 3 is 2.42 bits per heavy atom. The Balaban J connectivity index is 1.86.